The van der Waals surface area contributed by atoms with Crippen molar-refractivity contribution in [2.45, 2.75) is 19.1 Å². The number of benzene rings is 1. The minimum atomic E-state index is -4.19. The molecule has 0 saturated heterocycles. The average molecular weight is 353 g/mol. The molecule has 0 atom stereocenters. The van der Waals surface area contributed by atoms with Gasteiger partial charge in [-0.25, -0.2) is 4.98 Å². The molecule has 0 aliphatic heterocycles. The largest absolute Gasteiger partial charge is 0.390 e. The number of hydrogen-bond acceptors (Lipinski definition) is 3. The molecule has 2 rings (SSSR count). The molecule has 0 radical (unpaired) electrons. The number of aliphatic imine (C=N–C) groups is 1. The van der Waals surface area contributed by atoms with Gasteiger partial charge < -0.3 is 15.5 Å². The van der Waals surface area contributed by atoms with E-state index in [0.717, 1.165) is 22.3 Å². The Morgan fingerprint density at radius 1 is 1.20 bits per heavy atom. The first-order valence-corrected chi connectivity index (χ1v) is 7.87. The van der Waals surface area contributed by atoms with E-state index in [0.29, 0.717) is 12.5 Å². The molecule has 0 saturated carbocycles. The number of rotatable bonds is 5. The minimum absolute atomic E-state index is 0.219. The fourth-order valence-electron chi connectivity index (χ4n) is 2.33. The Morgan fingerprint density at radius 2 is 1.92 bits per heavy atom. The summed E-state index contributed by atoms with van der Waals surface area (Å²) in [7, 11) is 5.34. The van der Waals surface area contributed by atoms with Gasteiger partial charge in [0.1, 0.15) is 5.82 Å². The number of para-hydroxylation sites is 1. The van der Waals surface area contributed by atoms with Crippen molar-refractivity contribution in [3.8, 4) is 0 Å². The van der Waals surface area contributed by atoms with Crippen LogP contribution in [-0.4, -0.2) is 44.8 Å². The van der Waals surface area contributed by atoms with Crippen LogP contribution in [0.15, 0.2) is 35.3 Å². The molecule has 0 aliphatic rings. The second-order valence-electron chi connectivity index (χ2n) is 5.77. The molecular formula is C17H22F3N5. The summed E-state index contributed by atoms with van der Waals surface area (Å²) in [5, 5.41) is 6.72. The number of alkyl halides is 3. The van der Waals surface area contributed by atoms with E-state index in [4.69, 9.17) is 0 Å². The van der Waals surface area contributed by atoms with Gasteiger partial charge in [0.15, 0.2) is 5.96 Å². The van der Waals surface area contributed by atoms with Crippen LogP contribution in [-0.2, 0) is 6.54 Å². The second kappa shape index (κ2) is 8.04. The standard InChI is InChI=1S/C17H22F3N5/c1-21-16(22-9-8-17(18,19)20)23-11-12-10-15(25(2)3)24-14-7-5-4-6-13(12)14/h4-7,10H,8-9,11H2,1-3H3,(H2,21,22,23). The summed E-state index contributed by atoms with van der Waals surface area (Å²) in [6, 6.07) is 9.71. The van der Waals surface area contributed by atoms with Crippen LogP contribution < -0.4 is 15.5 Å². The lowest BCUT2D eigenvalue weighted by Gasteiger charge is -2.17. The maximum absolute atomic E-state index is 12.2. The molecule has 0 bridgehead atoms. The van der Waals surface area contributed by atoms with E-state index in [9.17, 15) is 13.2 Å². The zero-order chi connectivity index (χ0) is 18.4. The van der Waals surface area contributed by atoms with Crippen LogP contribution in [0.4, 0.5) is 19.0 Å². The molecule has 25 heavy (non-hydrogen) atoms. The Kier molecular flexibility index (Phi) is 6.06. The van der Waals surface area contributed by atoms with Crippen molar-refractivity contribution < 1.29 is 13.2 Å². The number of hydrogen-bond donors (Lipinski definition) is 2. The Labute approximate surface area is 145 Å². The molecular weight excluding hydrogens is 331 g/mol. The maximum Gasteiger partial charge on any atom is 0.390 e. The van der Waals surface area contributed by atoms with E-state index in [1.54, 1.807) is 0 Å². The van der Waals surface area contributed by atoms with E-state index in [2.05, 4.69) is 20.6 Å². The summed E-state index contributed by atoms with van der Waals surface area (Å²) in [5.74, 6) is 1.15. The fraction of sp³-hybridized carbons (Fsp3) is 0.412. The highest BCUT2D eigenvalue weighted by atomic mass is 19.4. The normalized spacial score (nSPS) is 12.3. The fourth-order valence-corrected chi connectivity index (χ4v) is 2.33. The molecule has 0 aliphatic carbocycles. The predicted octanol–water partition coefficient (Wildman–Crippen LogP) is 2.92. The highest BCUT2D eigenvalue weighted by molar-refractivity contribution is 5.85. The van der Waals surface area contributed by atoms with Crippen LogP contribution in [0.5, 0.6) is 0 Å². The van der Waals surface area contributed by atoms with Crippen LogP contribution in [0.1, 0.15) is 12.0 Å². The number of nitrogens with zero attached hydrogens (tertiary/aromatic N) is 3. The van der Waals surface area contributed by atoms with Gasteiger partial charge in [-0.15, -0.1) is 0 Å². The summed E-state index contributed by atoms with van der Waals surface area (Å²) in [6.45, 7) is 0.207. The SMILES string of the molecule is CN=C(NCCC(F)(F)F)NCc1cc(N(C)C)nc2ccccc12. The number of halogens is 3. The molecule has 136 valence electrons. The van der Waals surface area contributed by atoms with E-state index in [-0.39, 0.29) is 6.54 Å². The van der Waals surface area contributed by atoms with E-state index in [1.807, 2.05) is 49.3 Å². The smallest absolute Gasteiger partial charge is 0.363 e. The molecule has 8 heteroatoms. The van der Waals surface area contributed by atoms with E-state index in [1.165, 1.54) is 7.05 Å². The van der Waals surface area contributed by atoms with Gasteiger partial charge in [0.05, 0.1) is 11.9 Å². The molecule has 1 heterocycles. The van der Waals surface area contributed by atoms with Crippen molar-refractivity contribution in [1.29, 1.82) is 0 Å². The van der Waals surface area contributed by atoms with E-state index >= 15 is 0 Å². The Bertz CT molecular complexity index is 741. The molecule has 2 N–H and O–H groups in total. The number of aromatic nitrogens is 1. The summed E-state index contributed by atoms with van der Waals surface area (Å²) >= 11 is 0. The van der Waals surface area contributed by atoms with Crippen LogP contribution in [0.25, 0.3) is 10.9 Å². The highest BCUT2D eigenvalue weighted by Gasteiger charge is 2.26. The monoisotopic (exact) mass is 353 g/mol. The van der Waals surface area contributed by atoms with Gasteiger partial charge in [-0.05, 0) is 17.7 Å². The lowest BCUT2D eigenvalue weighted by Crippen LogP contribution is -2.38. The summed E-state index contributed by atoms with van der Waals surface area (Å²) in [4.78, 5) is 10.5. The van der Waals surface area contributed by atoms with Crippen LogP contribution in [0.2, 0.25) is 0 Å². The van der Waals surface area contributed by atoms with Crippen molar-refractivity contribution in [3.63, 3.8) is 0 Å². The topological polar surface area (TPSA) is 52.6 Å². The summed E-state index contributed by atoms with van der Waals surface area (Å²) < 4.78 is 36.7. The Morgan fingerprint density at radius 3 is 2.56 bits per heavy atom. The molecule has 1 aromatic carbocycles. The summed E-state index contributed by atoms with van der Waals surface area (Å²) in [6.07, 6.45) is -5.09. The summed E-state index contributed by atoms with van der Waals surface area (Å²) in [5.41, 5.74) is 1.86. The number of pyridine rings is 1. The highest BCUT2D eigenvalue weighted by Crippen LogP contribution is 2.22. The number of nitrogens with one attached hydrogen (secondary N) is 2. The number of fused-ring (bicyclic) bond motifs is 1. The zero-order valence-electron chi connectivity index (χ0n) is 14.5. The molecule has 0 fully saturated rings. The first-order chi connectivity index (χ1) is 11.8. The van der Waals surface area contributed by atoms with Crippen molar-refractivity contribution in [2.24, 2.45) is 4.99 Å². The van der Waals surface area contributed by atoms with E-state index < -0.39 is 12.6 Å². The molecule has 0 amide bonds. The third-order valence-corrected chi connectivity index (χ3v) is 3.62. The average Bonchev–Trinajstić information content (AvgIpc) is 2.56. The predicted molar refractivity (Wildman–Crippen MR) is 94.9 cm³/mol. The first-order valence-electron chi connectivity index (χ1n) is 7.87. The molecule has 5 nitrogen and oxygen atoms in total. The molecule has 0 spiro atoms. The van der Waals surface area contributed by atoms with Gasteiger partial charge in [0, 0.05) is 39.6 Å². The second-order valence-corrected chi connectivity index (χ2v) is 5.77. The Balaban J connectivity index is 2.11. The lowest BCUT2D eigenvalue weighted by atomic mass is 10.1. The van der Waals surface area contributed by atoms with Gasteiger partial charge in [0.2, 0.25) is 0 Å². The quantitative estimate of drug-likeness (QED) is 0.641. The van der Waals surface area contributed by atoms with Crippen molar-refractivity contribution in [1.82, 2.24) is 15.6 Å². The van der Waals surface area contributed by atoms with Crippen molar-refractivity contribution in [2.75, 3.05) is 32.6 Å². The first kappa shape index (κ1) is 18.8. The minimum Gasteiger partial charge on any atom is -0.363 e. The molecule has 0 unspecified atom stereocenters. The van der Waals surface area contributed by atoms with Crippen LogP contribution in [0.3, 0.4) is 0 Å². The van der Waals surface area contributed by atoms with Gasteiger partial charge in [-0.1, -0.05) is 18.2 Å². The Hall–Kier alpha value is -2.51. The van der Waals surface area contributed by atoms with Crippen molar-refractivity contribution >= 4 is 22.7 Å². The third-order valence-electron chi connectivity index (χ3n) is 3.62. The van der Waals surface area contributed by atoms with Crippen molar-refractivity contribution in [3.05, 3.63) is 35.9 Å². The van der Waals surface area contributed by atoms with Crippen LogP contribution >= 0.6 is 0 Å². The molecule has 2 aromatic rings. The van der Waals surface area contributed by atoms with Gasteiger partial charge in [-0.2, -0.15) is 13.2 Å². The van der Waals surface area contributed by atoms with Crippen LogP contribution in [0, 0.1) is 0 Å². The third kappa shape index (κ3) is 5.51. The zero-order valence-corrected chi connectivity index (χ0v) is 14.5. The number of anilines is 1. The van der Waals surface area contributed by atoms with Gasteiger partial charge in [-0.3, -0.25) is 4.99 Å². The van der Waals surface area contributed by atoms with Gasteiger partial charge >= 0.3 is 6.18 Å². The number of guanidine groups is 1. The van der Waals surface area contributed by atoms with Gasteiger partial charge in [0.25, 0.3) is 0 Å². The lowest BCUT2D eigenvalue weighted by molar-refractivity contribution is -0.132. The maximum atomic E-state index is 12.2. The molecule has 1 aromatic heterocycles.